The monoisotopic (exact) mass is 439 g/mol. The molecule has 0 saturated carbocycles. The number of rotatable bonds is 3. The van der Waals surface area contributed by atoms with E-state index in [1.165, 1.54) is 0 Å². The molecule has 168 valence electrons. The van der Waals surface area contributed by atoms with E-state index in [1.807, 2.05) is 89.4 Å². The highest BCUT2D eigenvalue weighted by Crippen LogP contribution is 2.48. The van der Waals surface area contributed by atoms with Crippen molar-refractivity contribution >= 4 is 23.1 Å². The van der Waals surface area contributed by atoms with Crippen LogP contribution in [0.25, 0.3) is 0 Å². The molecule has 5 heteroatoms. The second-order valence-electron chi connectivity index (χ2n) is 9.85. The summed E-state index contributed by atoms with van der Waals surface area (Å²) in [5.74, 6) is 0.0679. The van der Waals surface area contributed by atoms with Crippen LogP contribution in [-0.4, -0.2) is 16.3 Å². The van der Waals surface area contributed by atoms with Crippen LogP contribution < -0.4 is 10.2 Å². The molecule has 1 aromatic heterocycles. The number of aromatic nitrogens is 1. The number of para-hydroxylation sites is 2. The number of fused-ring (bicyclic) bond motifs is 1. The molecule has 5 rings (SSSR count). The molecule has 1 N–H and O–H groups in total. The van der Waals surface area contributed by atoms with E-state index < -0.39 is 6.04 Å². The molecule has 0 spiro atoms. The first-order valence-corrected chi connectivity index (χ1v) is 11.4. The van der Waals surface area contributed by atoms with Crippen LogP contribution >= 0.6 is 0 Å². The van der Waals surface area contributed by atoms with E-state index in [4.69, 9.17) is 0 Å². The molecule has 33 heavy (non-hydrogen) atoms. The molecule has 1 unspecified atom stereocenters. The maximum Gasteiger partial charge on any atom is 0.232 e. The Labute approximate surface area is 194 Å². The smallest absolute Gasteiger partial charge is 0.232 e. The van der Waals surface area contributed by atoms with Crippen molar-refractivity contribution in [2.24, 2.45) is 12.5 Å². The summed E-state index contributed by atoms with van der Waals surface area (Å²) >= 11 is 0. The number of hydrogen-bond donors (Lipinski definition) is 1. The number of Topliss-reactive ketones (excluding diaryl/α,β-unsaturated/α-hetero) is 1. The van der Waals surface area contributed by atoms with Crippen molar-refractivity contribution in [1.82, 2.24) is 4.57 Å². The lowest BCUT2D eigenvalue weighted by atomic mass is 9.73. The molecule has 0 saturated heterocycles. The Morgan fingerprint density at radius 3 is 2.45 bits per heavy atom. The Bertz CT molecular complexity index is 1250. The van der Waals surface area contributed by atoms with E-state index in [2.05, 4.69) is 19.2 Å². The number of carbonyl (C=O) groups is 2. The first kappa shape index (κ1) is 21.3. The molecule has 0 radical (unpaired) electrons. The average molecular weight is 440 g/mol. The number of carbonyl (C=O) groups excluding carboxylic acids is 2. The third kappa shape index (κ3) is 3.88. The number of ketones is 1. The highest BCUT2D eigenvalue weighted by Gasteiger charge is 2.43. The molecule has 0 bridgehead atoms. The minimum Gasteiger partial charge on any atom is -0.357 e. The molecule has 1 aliphatic carbocycles. The lowest BCUT2D eigenvalue weighted by Crippen LogP contribution is -2.41. The lowest BCUT2D eigenvalue weighted by molar-refractivity contribution is -0.119. The van der Waals surface area contributed by atoms with E-state index in [-0.39, 0.29) is 23.5 Å². The van der Waals surface area contributed by atoms with Gasteiger partial charge in [0.05, 0.1) is 17.8 Å². The number of allylic oxidation sites excluding steroid dienone is 1. The second-order valence-corrected chi connectivity index (χ2v) is 9.85. The van der Waals surface area contributed by atoms with Crippen LogP contribution in [0, 0.1) is 5.41 Å². The Hall–Kier alpha value is -3.60. The number of benzene rings is 2. The van der Waals surface area contributed by atoms with Gasteiger partial charge in [0.1, 0.15) is 6.04 Å². The van der Waals surface area contributed by atoms with E-state index in [1.54, 1.807) is 0 Å². The summed E-state index contributed by atoms with van der Waals surface area (Å²) in [5, 5.41) is 3.56. The highest BCUT2D eigenvalue weighted by atomic mass is 16.2. The zero-order valence-electron chi connectivity index (χ0n) is 19.3. The van der Waals surface area contributed by atoms with Gasteiger partial charge in [-0.2, -0.15) is 0 Å². The quantitative estimate of drug-likeness (QED) is 0.594. The Morgan fingerprint density at radius 1 is 1.00 bits per heavy atom. The summed E-state index contributed by atoms with van der Waals surface area (Å²) in [5.41, 5.74) is 5.01. The minimum atomic E-state index is -0.490. The van der Waals surface area contributed by atoms with Crippen LogP contribution in [-0.2, 0) is 23.1 Å². The van der Waals surface area contributed by atoms with Gasteiger partial charge in [0, 0.05) is 36.6 Å². The normalized spacial score (nSPS) is 19.4. The number of nitrogens with one attached hydrogen (secondary N) is 1. The van der Waals surface area contributed by atoms with E-state index in [0.29, 0.717) is 12.0 Å². The number of hydrogen-bond acceptors (Lipinski definition) is 3. The SMILES string of the molecule is Cn1cccc1C1C2=C(CC(C)(C)CC2=O)Nc2ccccc2N1C(=O)Cc1ccccc1. The van der Waals surface area contributed by atoms with Crippen molar-refractivity contribution < 1.29 is 9.59 Å². The van der Waals surface area contributed by atoms with Crippen molar-refractivity contribution in [2.75, 3.05) is 10.2 Å². The minimum absolute atomic E-state index is 0.0342. The third-order valence-corrected chi connectivity index (χ3v) is 6.63. The fraction of sp³-hybridized carbons (Fsp3) is 0.286. The van der Waals surface area contributed by atoms with Crippen molar-refractivity contribution in [3.8, 4) is 0 Å². The fourth-order valence-electron chi connectivity index (χ4n) is 5.16. The Morgan fingerprint density at radius 2 is 1.73 bits per heavy atom. The Kier molecular flexibility index (Phi) is 5.20. The zero-order valence-corrected chi connectivity index (χ0v) is 19.3. The molecule has 0 fully saturated rings. The van der Waals surface area contributed by atoms with Gasteiger partial charge in [0.15, 0.2) is 5.78 Å². The first-order chi connectivity index (χ1) is 15.8. The van der Waals surface area contributed by atoms with Crippen molar-refractivity contribution in [2.45, 2.75) is 39.2 Å². The largest absolute Gasteiger partial charge is 0.357 e. The highest BCUT2D eigenvalue weighted by molar-refractivity contribution is 6.06. The summed E-state index contributed by atoms with van der Waals surface area (Å²) in [6.45, 7) is 4.26. The van der Waals surface area contributed by atoms with E-state index in [0.717, 1.165) is 34.8 Å². The van der Waals surface area contributed by atoms with Gasteiger partial charge < -0.3 is 9.88 Å². The van der Waals surface area contributed by atoms with Crippen LogP contribution in [0.2, 0.25) is 0 Å². The van der Waals surface area contributed by atoms with Crippen molar-refractivity contribution in [1.29, 1.82) is 0 Å². The van der Waals surface area contributed by atoms with E-state index in [9.17, 15) is 9.59 Å². The summed E-state index contributed by atoms with van der Waals surface area (Å²) in [7, 11) is 1.97. The van der Waals surface area contributed by atoms with Crippen LogP contribution in [0.1, 0.15) is 44.0 Å². The zero-order chi connectivity index (χ0) is 23.2. The van der Waals surface area contributed by atoms with Gasteiger partial charge >= 0.3 is 0 Å². The third-order valence-electron chi connectivity index (χ3n) is 6.63. The van der Waals surface area contributed by atoms with E-state index >= 15 is 0 Å². The first-order valence-electron chi connectivity index (χ1n) is 11.4. The van der Waals surface area contributed by atoms with Gasteiger partial charge in [-0.3, -0.25) is 14.5 Å². The standard InChI is InChI=1S/C28H29N3O2/c1-28(2)17-21-26(24(32)18-28)27(23-14-9-15-30(23)3)31(22-13-8-7-12-20(22)29-21)25(33)16-19-10-5-4-6-11-19/h4-15,27,29H,16-18H2,1-3H3. The number of anilines is 2. The van der Waals surface area contributed by atoms with Gasteiger partial charge in [-0.25, -0.2) is 0 Å². The molecular weight excluding hydrogens is 410 g/mol. The molecular formula is C28H29N3O2. The predicted octanol–water partition coefficient (Wildman–Crippen LogP) is 5.41. The average Bonchev–Trinajstić information content (AvgIpc) is 3.12. The summed E-state index contributed by atoms with van der Waals surface area (Å²) < 4.78 is 2.01. The molecule has 5 nitrogen and oxygen atoms in total. The molecule has 1 amide bonds. The topological polar surface area (TPSA) is 54.3 Å². The van der Waals surface area contributed by atoms with Crippen LogP contribution in [0.3, 0.4) is 0 Å². The van der Waals surface area contributed by atoms with Crippen LogP contribution in [0.5, 0.6) is 0 Å². The maximum atomic E-state index is 14.0. The van der Waals surface area contributed by atoms with Gasteiger partial charge in [-0.15, -0.1) is 0 Å². The van der Waals surface area contributed by atoms with Crippen LogP contribution in [0.4, 0.5) is 11.4 Å². The van der Waals surface area contributed by atoms with Gasteiger partial charge in [0.2, 0.25) is 5.91 Å². The van der Waals surface area contributed by atoms with Crippen molar-refractivity contribution in [3.63, 3.8) is 0 Å². The number of aryl methyl sites for hydroxylation is 1. The Balaban J connectivity index is 1.72. The van der Waals surface area contributed by atoms with Crippen molar-refractivity contribution in [3.05, 3.63) is 95.5 Å². The predicted molar refractivity (Wildman–Crippen MR) is 131 cm³/mol. The van der Waals surface area contributed by atoms with Gasteiger partial charge in [-0.05, 0) is 41.7 Å². The van der Waals surface area contributed by atoms with Gasteiger partial charge in [0.25, 0.3) is 0 Å². The van der Waals surface area contributed by atoms with Gasteiger partial charge in [-0.1, -0.05) is 56.3 Å². The molecule has 2 heterocycles. The second kappa shape index (κ2) is 8.07. The molecule has 1 atom stereocenters. The molecule has 1 aliphatic heterocycles. The molecule has 2 aliphatic rings. The number of amides is 1. The summed E-state index contributed by atoms with van der Waals surface area (Å²) in [6.07, 6.45) is 3.45. The summed E-state index contributed by atoms with van der Waals surface area (Å²) in [6, 6.07) is 21.1. The number of nitrogens with zero attached hydrogens (tertiary/aromatic N) is 2. The maximum absolute atomic E-state index is 14.0. The summed E-state index contributed by atoms with van der Waals surface area (Å²) in [4.78, 5) is 29.4. The molecule has 2 aromatic carbocycles. The molecule has 3 aromatic rings. The van der Waals surface area contributed by atoms with Crippen LogP contribution in [0.15, 0.2) is 84.2 Å². The lowest BCUT2D eigenvalue weighted by Gasteiger charge is -2.37. The fourth-order valence-corrected chi connectivity index (χ4v) is 5.16.